The van der Waals surface area contributed by atoms with Gasteiger partial charge in [-0.25, -0.2) is 0 Å². The molecular formula is C15H28N2. The van der Waals surface area contributed by atoms with Crippen molar-refractivity contribution >= 4 is 0 Å². The maximum Gasteiger partial charge on any atom is 0.0124 e. The van der Waals surface area contributed by atoms with E-state index in [-0.39, 0.29) is 0 Å². The van der Waals surface area contributed by atoms with Crippen molar-refractivity contribution in [2.45, 2.75) is 63.8 Å². The van der Waals surface area contributed by atoms with Gasteiger partial charge in [-0.1, -0.05) is 19.3 Å². The number of hydrogen-bond acceptors (Lipinski definition) is 2. The molecule has 1 heterocycles. The SMILES string of the molecule is NCC1(CCN2CCC3CCCCC32)CCC1. The van der Waals surface area contributed by atoms with Crippen LogP contribution in [0.3, 0.4) is 0 Å². The van der Waals surface area contributed by atoms with Gasteiger partial charge in [-0.05, 0) is 69.5 Å². The van der Waals surface area contributed by atoms with Crippen LogP contribution in [-0.4, -0.2) is 30.6 Å². The van der Waals surface area contributed by atoms with Gasteiger partial charge in [-0.3, -0.25) is 0 Å². The van der Waals surface area contributed by atoms with Crippen molar-refractivity contribution in [3.8, 4) is 0 Å². The molecule has 0 bridgehead atoms. The highest BCUT2D eigenvalue weighted by Crippen LogP contribution is 2.44. The first kappa shape index (κ1) is 12.0. The summed E-state index contributed by atoms with van der Waals surface area (Å²) in [5.41, 5.74) is 6.52. The Hall–Kier alpha value is -0.0800. The van der Waals surface area contributed by atoms with Crippen LogP contribution in [0.5, 0.6) is 0 Å². The summed E-state index contributed by atoms with van der Waals surface area (Å²) in [6.07, 6.45) is 13.0. The molecule has 2 aliphatic carbocycles. The van der Waals surface area contributed by atoms with Gasteiger partial charge >= 0.3 is 0 Å². The third-order valence-electron chi connectivity index (χ3n) is 5.90. The second-order valence-electron chi connectivity index (χ2n) is 6.74. The Kier molecular flexibility index (Phi) is 3.45. The Morgan fingerprint density at radius 1 is 1.06 bits per heavy atom. The first-order valence-electron chi connectivity index (χ1n) is 7.77. The average Bonchev–Trinajstić information content (AvgIpc) is 2.72. The molecule has 3 fully saturated rings. The molecule has 0 amide bonds. The van der Waals surface area contributed by atoms with Gasteiger partial charge in [0, 0.05) is 6.04 Å². The van der Waals surface area contributed by atoms with Crippen LogP contribution >= 0.6 is 0 Å². The molecule has 98 valence electrons. The first-order chi connectivity index (χ1) is 8.33. The molecule has 0 aromatic carbocycles. The minimum absolute atomic E-state index is 0.548. The van der Waals surface area contributed by atoms with E-state index in [4.69, 9.17) is 5.73 Å². The van der Waals surface area contributed by atoms with Crippen LogP contribution in [0.4, 0.5) is 0 Å². The van der Waals surface area contributed by atoms with Crippen molar-refractivity contribution in [2.24, 2.45) is 17.1 Å². The molecule has 2 atom stereocenters. The van der Waals surface area contributed by atoms with Gasteiger partial charge in [0.25, 0.3) is 0 Å². The van der Waals surface area contributed by atoms with E-state index in [0.717, 1.165) is 18.5 Å². The molecular weight excluding hydrogens is 208 g/mol. The molecule has 0 aromatic heterocycles. The summed E-state index contributed by atoms with van der Waals surface area (Å²) in [6.45, 7) is 3.63. The van der Waals surface area contributed by atoms with Crippen molar-refractivity contribution in [1.29, 1.82) is 0 Å². The van der Waals surface area contributed by atoms with Crippen LogP contribution in [0.15, 0.2) is 0 Å². The van der Waals surface area contributed by atoms with Crippen molar-refractivity contribution in [1.82, 2.24) is 4.90 Å². The third kappa shape index (κ3) is 2.26. The van der Waals surface area contributed by atoms with Crippen LogP contribution in [0.25, 0.3) is 0 Å². The third-order valence-corrected chi connectivity index (χ3v) is 5.90. The molecule has 3 rings (SSSR count). The monoisotopic (exact) mass is 236 g/mol. The fourth-order valence-electron chi connectivity index (χ4n) is 4.39. The van der Waals surface area contributed by atoms with E-state index in [1.54, 1.807) is 0 Å². The smallest absolute Gasteiger partial charge is 0.0124 e. The zero-order valence-electron chi connectivity index (χ0n) is 11.2. The lowest BCUT2D eigenvalue weighted by Crippen LogP contribution is -2.42. The number of nitrogens with zero attached hydrogens (tertiary/aromatic N) is 1. The van der Waals surface area contributed by atoms with Gasteiger partial charge in [0.1, 0.15) is 0 Å². The van der Waals surface area contributed by atoms with E-state index in [2.05, 4.69) is 4.90 Å². The number of fused-ring (bicyclic) bond motifs is 1. The van der Waals surface area contributed by atoms with E-state index in [1.807, 2.05) is 0 Å². The molecule has 1 saturated heterocycles. The van der Waals surface area contributed by atoms with Gasteiger partial charge in [-0.2, -0.15) is 0 Å². The maximum absolute atomic E-state index is 5.97. The molecule has 0 aromatic rings. The Bertz CT molecular complexity index is 254. The number of nitrogens with two attached hydrogens (primary N) is 1. The van der Waals surface area contributed by atoms with E-state index < -0.39 is 0 Å². The summed E-state index contributed by atoms with van der Waals surface area (Å²) >= 11 is 0. The van der Waals surface area contributed by atoms with Crippen LogP contribution in [0.1, 0.15) is 57.8 Å². The lowest BCUT2D eigenvalue weighted by Gasteiger charge is -2.43. The lowest BCUT2D eigenvalue weighted by molar-refractivity contribution is 0.0926. The molecule has 2 nitrogen and oxygen atoms in total. The van der Waals surface area contributed by atoms with Crippen LogP contribution < -0.4 is 5.73 Å². The fraction of sp³-hybridized carbons (Fsp3) is 1.00. The number of hydrogen-bond donors (Lipinski definition) is 1. The molecule has 17 heavy (non-hydrogen) atoms. The zero-order chi connectivity index (χ0) is 11.7. The lowest BCUT2D eigenvalue weighted by atomic mass is 9.66. The summed E-state index contributed by atoms with van der Waals surface area (Å²) in [6, 6.07) is 0.943. The predicted molar refractivity (Wildman–Crippen MR) is 71.9 cm³/mol. The molecule has 2 heteroatoms. The summed E-state index contributed by atoms with van der Waals surface area (Å²) in [7, 11) is 0. The fourth-order valence-corrected chi connectivity index (χ4v) is 4.39. The quantitative estimate of drug-likeness (QED) is 0.813. The standard InChI is InChI=1S/C15H28N2/c16-12-15(7-3-8-15)9-11-17-10-6-13-4-1-2-5-14(13)17/h13-14H,1-12,16H2. The Morgan fingerprint density at radius 3 is 2.59 bits per heavy atom. The van der Waals surface area contributed by atoms with Crippen LogP contribution in [-0.2, 0) is 0 Å². The topological polar surface area (TPSA) is 29.3 Å². The number of rotatable bonds is 4. The van der Waals surface area contributed by atoms with Crippen molar-refractivity contribution in [3.63, 3.8) is 0 Å². The van der Waals surface area contributed by atoms with E-state index in [1.165, 1.54) is 70.9 Å². The molecule has 0 spiro atoms. The summed E-state index contributed by atoms with van der Waals surface area (Å²) in [5.74, 6) is 1.04. The molecule has 2 unspecified atom stereocenters. The molecule has 1 aliphatic heterocycles. The number of likely N-dealkylation sites (tertiary alicyclic amines) is 1. The largest absolute Gasteiger partial charge is 0.330 e. The minimum Gasteiger partial charge on any atom is -0.330 e. The Balaban J connectivity index is 1.51. The van der Waals surface area contributed by atoms with E-state index >= 15 is 0 Å². The van der Waals surface area contributed by atoms with Crippen molar-refractivity contribution < 1.29 is 0 Å². The summed E-state index contributed by atoms with van der Waals surface area (Å²) < 4.78 is 0. The van der Waals surface area contributed by atoms with Gasteiger partial charge in [0.15, 0.2) is 0 Å². The zero-order valence-corrected chi connectivity index (χ0v) is 11.2. The predicted octanol–water partition coefficient (Wildman–Crippen LogP) is 2.77. The maximum atomic E-state index is 5.97. The molecule has 0 radical (unpaired) electrons. The average molecular weight is 236 g/mol. The van der Waals surface area contributed by atoms with E-state index in [0.29, 0.717) is 5.41 Å². The Labute approximate surface area is 106 Å². The molecule has 2 N–H and O–H groups in total. The second kappa shape index (κ2) is 4.89. The van der Waals surface area contributed by atoms with Crippen molar-refractivity contribution in [3.05, 3.63) is 0 Å². The minimum atomic E-state index is 0.548. The summed E-state index contributed by atoms with van der Waals surface area (Å²) in [4.78, 5) is 2.81. The first-order valence-corrected chi connectivity index (χ1v) is 7.77. The van der Waals surface area contributed by atoms with Gasteiger partial charge in [0.2, 0.25) is 0 Å². The molecule has 2 saturated carbocycles. The highest BCUT2D eigenvalue weighted by atomic mass is 15.2. The molecule has 3 aliphatic rings. The highest BCUT2D eigenvalue weighted by Gasteiger charge is 2.39. The van der Waals surface area contributed by atoms with E-state index in [9.17, 15) is 0 Å². The summed E-state index contributed by atoms with van der Waals surface area (Å²) in [5, 5.41) is 0. The van der Waals surface area contributed by atoms with Gasteiger partial charge < -0.3 is 10.6 Å². The Morgan fingerprint density at radius 2 is 1.88 bits per heavy atom. The van der Waals surface area contributed by atoms with Crippen LogP contribution in [0, 0.1) is 11.3 Å². The van der Waals surface area contributed by atoms with Crippen LogP contribution in [0.2, 0.25) is 0 Å². The van der Waals surface area contributed by atoms with Gasteiger partial charge in [-0.15, -0.1) is 0 Å². The highest BCUT2D eigenvalue weighted by molar-refractivity contribution is 4.93. The van der Waals surface area contributed by atoms with Gasteiger partial charge in [0.05, 0.1) is 0 Å². The van der Waals surface area contributed by atoms with Crippen molar-refractivity contribution in [2.75, 3.05) is 19.6 Å². The normalized spacial score (nSPS) is 36.5. The second-order valence-corrected chi connectivity index (χ2v) is 6.74.